The number of carbonyl (C=O) groups excluding carboxylic acids is 2. The van der Waals surface area contributed by atoms with Gasteiger partial charge >= 0.3 is 6.03 Å². The number of rotatable bonds is 2. The summed E-state index contributed by atoms with van der Waals surface area (Å²) in [6.07, 6.45) is 1.61. The highest BCUT2D eigenvalue weighted by atomic mass is 35.5. The lowest BCUT2D eigenvalue weighted by atomic mass is 10.3. The highest BCUT2D eigenvalue weighted by Crippen LogP contribution is 2.14. The van der Waals surface area contributed by atoms with Crippen LogP contribution in [0.2, 0.25) is 0 Å². The summed E-state index contributed by atoms with van der Waals surface area (Å²) in [6.45, 7) is 0.323. The maximum Gasteiger partial charge on any atom is 0.329 e. The minimum Gasteiger partial charge on any atom is -0.278 e. The fourth-order valence-corrected chi connectivity index (χ4v) is 1.54. The van der Waals surface area contributed by atoms with Crippen LogP contribution in [0.3, 0.4) is 0 Å². The van der Waals surface area contributed by atoms with Crippen molar-refractivity contribution in [2.24, 2.45) is 0 Å². The average molecular weight is 241 g/mol. The third-order valence-corrected chi connectivity index (χ3v) is 2.45. The molecule has 84 valence electrons. The number of nitrogens with zero attached hydrogens (tertiary/aromatic N) is 3. The van der Waals surface area contributed by atoms with Gasteiger partial charge < -0.3 is 0 Å². The molecule has 7 heteroatoms. The van der Waals surface area contributed by atoms with Gasteiger partial charge in [0.15, 0.2) is 0 Å². The second-order valence-corrected chi connectivity index (χ2v) is 3.52. The van der Waals surface area contributed by atoms with Crippen LogP contribution in [0.25, 0.3) is 0 Å². The first kappa shape index (κ1) is 10.8. The first-order valence-corrected chi connectivity index (χ1v) is 5.22. The van der Waals surface area contributed by atoms with E-state index >= 15 is 0 Å². The van der Waals surface area contributed by atoms with E-state index in [1.54, 1.807) is 6.07 Å². The Morgan fingerprint density at radius 2 is 2.25 bits per heavy atom. The monoisotopic (exact) mass is 240 g/mol. The van der Waals surface area contributed by atoms with E-state index in [9.17, 15) is 9.59 Å². The second-order valence-electron chi connectivity index (χ2n) is 3.26. The molecule has 0 unspecified atom stereocenters. The Morgan fingerprint density at radius 1 is 1.44 bits per heavy atom. The Kier molecular flexibility index (Phi) is 3.00. The average Bonchev–Trinajstić information content (AvgIpc) is 2.29. The Bertz CT molecular complexity index is 437. The van der Waals surface area contributed by atoms with E-state index in [-0.39, 0.29) is 18.2 Å². The summed E-state index contributed by atoms with van der Waals surface area (Å²) in [5.74, 6) is 0.438. The molecule has 3 amide bonds. The zero-order chi connectivity index (χ0) is 11.5. The summed E-state index contributed by atoms with van der Waals surface area (Å²) in [5, 5.41) is 2.22. The van der Waals surface area contributed by atoms with Crippen LogP contribution in [-0.4, -0.2) is 28.5 Å². The van der Waals surface area contributed by atoms with Crippen molar-refractivity contribution in [2.75, 3.05) is 11.4 Å². The second kappa shape index (κ2) is 4.44. The number of halogens is 1. The van der Waals surface area contributed by atoms with Crippen molar-refractivity contribution in [3.05, 3.63) is 18.1 Å². The van der Waals surface area contributed by atoms with Gasteiger partial charge in [-0.15, -0.1) is 11.6 Å². The highest BCUT2D eigenvalue weighted by molar-refractivity contribution is 6.16. The molecule has 0 bridgehead atoms. The van der Waals surface area contributed by atoms with Gasteiger partial charge in [-0.25, -0.2) is 14.8 Å². The molecule has 0 aromatic carbocycles. The van der Waals surface area contributed by atoms with Gasteiger partial charge in [0, 0.05) is 19.0 Å². The van der Waals surface area contributed by atoms with Gasteiger partial charge in [-0.1, -0.05) is 0 Å². The molecule has 0 spiro atoms. The Labute approximate surface area is 96.6 Å². The van der Waals surface area contributed by atoms with E-state index in [4.69, 9.17) is 11.6 Å². The molecule has 0 radical (unpaired) electrons. The van der Waals surface area contributed by atoms with Gasteiger partial charge in [0.1, 0.15) is 12.1 Å². The lowest BCUT2D eigenvalue weighted by molar-refractivity contribution is -0.120. The van der Waals surface area contributed by atoms with Crippen LogP contribution in [0, 0.1) is 0 Å². The number of carbonyl (C=O) groups is 2. The molecular weight excluding hydrogens is 232 g/mol. The summed E-state index contributed by atoms with van der Waals surface area (Å²) in [5.41, 5.74) is 0.636. The van der Waals surface area contributed by atoms with Crippen molar-refractivity contribution in [1.29, 1.82) is 0 Å². The zero-order valence-electron chi connectivity index (χ0n) is 8.31. The van der Waals surface area contributed by atoms with Crippen LogP contribution >= 0.6 is 11.6 Å². The molecule has 2 heterocycles. The van der Waals surface area contributed by atoms with Crippen LogP contribution in [0.1, 0.15) is 12.1 Å². The maximum atomic E-state index is 11.5. The quantitative estimate of drug-likeness (QED) is 0.771. The normalized spacial score (nSPS) is 16.2. The molecule has 1 aliphatic rings. The third kappa shape index (κ3) is 2.11. The van der Waals surface area contributed by atoms with Crippen LogP contribution in [0.5, 0.6) is 0 Å². The highest BCUT2D eigenvalue weighted by Gasteiger charge is 2.25. The van der Waals surface area contributed by atoms with Crippen molar-refractivity contribution in [1.82, 2.24) is 15.3 Å². The predicted molar refractivity (Wildman–Crippen MR) is 57.1 cm³/mol. The summed E-state index contributed by atoms with van der Waals surface area (Å²) >= 11 is 5.63. The minimum atomic E-state index is -0.463. The maximum absolute atomic E-state index is 11.5. The molecule has 1 aliphatic heterocycles. The lowest BCUT2D eigenvalue weighted by Gasteiger charge is -2.25. The molecule has 1 saturated heterocycles. The van der Waals surface area contributed by atoms with Crippen LogP contribution in [0.4, 0.5) is 10.6 Å². The summed E-state index contributed by atoms with van der Waals surface area (Å²) in [7, 11) is 0. The predicted octanol–water partition coefficient (Wildman–Crippen LogP) is 0.662. The number of anilines is 1. The first-order valence-electron chi connectivity index (χ1n) is 4.69. The standard InChI is InChI=1S/C9H9ClN4O2/c10-4-6-3-7(12-5-11-6)14-2-1-8(15)13-9(14)16/h3,5H,1-2,4H2,(H,13,15,16). The molecule has 16 heavy (non-hydrogen) atoms. The Hall–Kier alpha value is -1.69. The van der Waals surface area contributed by atoms with Crippen molar-refractivity contribution in [3.8, 4) is 0 Å². The first-order chi connectivity index (χ1) is 7.70. The van der Waals surface area contributed by atoms with Gasteiger partial charge in [0.2, 0.25) is 5.91 Å². The van der Waals surface area contributed by atoms with Crippen molar-refractivity contribution >= 4 is 29.4 Å². The topological polar surface area (TPSA) is 75.2 Å². The van der Waals surface area contributed by atoms with Gasteiger partial charge in [0.25, 0.3) is 0 Å². The van der Waals surface area contributed by atoms with E-state index in [0.29, 0.717) is 18.1 Å². The molecule has 1 fully saturated rings. The molecule has 2 rings (SSSR count). The van der Waals surface area contributed by atoms with Crippen molar-refractivity contribution in [3.63, 3.8) is 0 Å². The number of hydrogen-bond donors (Lipinski definition) is 1. The molecule has 0 saturated carbocycles. The van der Waals surface area contributed by atoms with Gasteiger partial charge in [-0.05, 0) is 0 Å². The van der Waals surface area contributed by atoms with Crippen molar-refractivity contribution in [2.45, 2.75) is 12.3 Å². The molecule has 0 aliphatic carbocycles. The third-order valence-electron chi connectivity index (χ3n) is 2.18. The Morgan fingerprint density at radius 3 is 2.94 bits per heavy atom. The van der Waals surface area contributed by atoms with Crippen LogP contribution in [-0.2, 0) is 10.7 Å². The fraction of sp³-hybridized carbons (Fsp3) is 0.333. The number of nitrogens with one attached hydrogen (secondary N) is 1. The largest absolute Gasteiger partial charge is 0.329 e. The lowest BCUT2D eigenvalue weighted by Crippen LogP contribution is -2.49. The molecule has 1 N–H and O–H groups in total. The SMILES string of the molecule is O=C1CCN(c2cc(CCl)ncn2)C(=O)N1. The summed E-state index contributed by atoms with van der Waals surface area (Å²) in [4.78, 5) is 31.7. The summed E-state index contributed by atoms with van der Waals surface area (Å²) in [6, 6.07) is 1.16. The molecular formula is C9H9ClN4O2. The number of urea groups is 1. The van der Waals surface area contributed by atoms with Gasteiger partial charge in [-0.3, -0.25) is 15.0 Å². The smallest absolute Gasteiger partial charge is 0.278 e. The molecule has 6 nitrogen and oxygen atoms in total. The number of aromatic nitrogens is 2. The number of amides is 3. The van der Waals surface area contributed by atoms with E-state index in [1.807, 2.05) is 0 Å². The minimum absolute atomic E-state index is 0.254. The molecule has 1 aromatic rings. The Balaban J connectivity index is 2.23. The number of imide groups is 1. The van der Waals surface area contributed by atoms with Crippen LogP contribution < -0.4 is 10.2 Å². The van der Waals surface area contributed by atoms with E-state index in [0.717, 1.165) is 0 Å². The van der Waals surface area contributed by atoms with Crippen LogP contribution in [0.15, 0.2) is 12.4 Å². The van der Waals surface area contributed by atoms with E-state index < -0.39 is 6.03 Å². The number of hydrogen-bond acceptors (Lipinski definition) is 4. The van der Waals surface area contributed by atoms with Gasteiger partial charge in [0.05, 0.1) is 11.6 Å². The summed E-state index contributed by atoms with van der Waals surface area (Å²) < 4.78 is 0. The molecule has 0 atom stereocenters. The fourth-order valence-electron chi connectivity index (χ4n) is 1.39. The van der Waals surface area contributed by atoms with Crippen molar-refractivity contribution < 1.29 is 9.59 Å². The van der Waals surface area contributed by atoms with E-state index in [2.05, 4.69) is 15.3 Å². The molecule has 1 aromatic heterocycles. The number of alkyl halides is 1. The zero-order valence-corrected chi connectivity index (χ0v) is 9.07. The van der Waals surface area contributed by atoms with E-state index in [1.165, 1.54) is 11.2 Å². The van der Waals surface area contributed by atoms with Gasteiger partial charge in [-0.2, -0.15) is 0 Å².